The minimum Gasteiger partial charge on any atom is -0.376 e. The molecule has 27 heavy (non-hydrogen) atoms. The summed E-state index contributed by atoms with van der Waals surface area (Å²) >= 11 is 0. The molecule has 7 heteroatoms. The third kappa shape index (κ3) is 3.88. The molecule has 2 aliphatic heterocycles. The smallest absolute Gasteiger partial charge is 0.253 e. The third-order valence-electron chi connectivity index (χ3n) is 5.60. The van der Waals surface area contributed by atoms with Gasteiger partial charge in [-0.1, -0.05) is 13.8 Å². The van der Waals surface area contributed by atoms with E-state index >= 15 is 0 Å². The number of hydrogen-bond donors (Lipinski definition) is 0. The zero-order valence-electron chi connectivity index (χ0n) is 16.1. The average molecular weight is 369 g/mol. The van der Waals surface area contributed by atoms with Crippen molar-refractivity contribution in [3.8, 4) is 0 Å². The Morgan fingerprint density at radius 2 is 2.04 bits per heavy atom. The lowest BCUT2D eigenvalue weighted by molar-refractivity contribution is 0.109. The van der Waals surface area contributed by atoms with Crippen LogP contribution in [-0.4, -0.2) is 39.2 Å². The monoisotopic (exact) mass is 369 g/mol. The first-order chi connectivity index (χ1) is 13.1. The molecule has 0 amide bonds. The van der Waals surface area contributed by atoms with Gasteiger partial charge < -0.3 is 9.64 Å². The Labute approximate surface area is 159 Å². The van der Waals surface area contributed by atoms with E-state index < -0.39 is 0 Å². The van der Waals surface area contributed by atoms with Crippen molar-refractivity contribution < 1.29 is 4.74 Å². The summed E-state index contributed by atoms with van der Waals surface area (Å²) in [4.78, 5) is 28.1. The summed E-state index contributed by atoms with van der Waals surface area (Å²) in [5.74, 6) is 1.79. The summed E-state index contributed by atoms with van der Waals surface area (Å²) in [6, 6.07) is 1.67. The van der Waals surface area contributed by atoms with Crippen LogP contribution in [0.15, 0.2) is 23.5 Å². The van der Waals surface area contributed by atoms with Crippen molar-refractivity contribution in [1.82, 2.24) is 19.5 Å². The largest absolute Gasteiger partial charge is 0.376 e. The van der Waals surface area contributed by atoms with Gasteiger partial charge in [-0.2, -0.15) is 0 Å². The number of nitrogens with zero attached hydrogens (tertiary/aromatic N) is 5. The van der Waals surface area contributed by atoms with Crippen LogP contribution in [0.25, 0.3) is 0 Å². The van der Waals surface area contributed by atoms with Crippen LogP contribution in [0.4, 0.5) is 5.82 Å². The highest BCUT2D eigenvalue weighted by Gasteiger charge is 2.25. The molecule has 0 saturated carbocycles. The van der Waals surface area contributed by atoms with E-state index in [1.54, 1.807) is 23.3 Å². The maximum Gasteiger partial charge on any atom is 0.253 e. The van der Waals surface area contributed by atoms with Crippen molar-refractivity contribution in [3.05, 3.63) is 46.0 Å². The van der Waals surface area contributed by atoms with E-state index in [0.717, 1.165) is 68.3 Å². The summed E-state index contributed by atoms with van der Waals surface area (Å²) in [6.07, 6.45) is 6.33. The summed E-state index contributed by atoms with van der Waals surface area (Å²) in [6.45, 7) is 8.08. The van der Waals surface area contributed by atoms with E-state index in [0.29, 0.717) is 12.5 Å². The van der Waals surface area contributed by atoms with Crippen LogP contribution < -0.4 is 10.5 Å². The van der Waals surface area contributed by atoms with Crippen LogP contribution in [-0.2, 0) is 24.3 Å². The van der Waals surface area contributed by atoms with E-state index in [1.165, 1.54) is 0 Å². The van der Waals surface area contributed by atoms with Crippen LogP contribution in [0, 0.1) is 5.92 Å². The topological polar surface area (TPSA) is 73.1 Å². The van der Waals surface area contributed by atoms with Gasteiger partial charge in [-0.05, 0) is 24.7 Å². The molecule has 2 aromatic heterocycles. The molecule has 7 nitrogen and oxygen atoms in total. The molecule has 0 spiro atoms. The number of fused-ring (bicyclic) bond motifs is 1. The molecule has 1 fully saturated rings. The lowest BCUT2D eigenvalue weighted by Crippen LogP contribution is -2.38. The molecule has 144 valence electrons. The molecule has 0 unspecified atom stereocenters. The van der Waals surface area contributed by atoms with Crippen LogP contribution >= 0.6 is 0 Å². The number of aromatic nitrogens is 4. The van der Waals surface area contributed by atoms with Crippen LogP contribution in [0.3, 0.4) is 0 Å². The Morgan fingerprint density at radius 3 is 2.78 bits per heavy atom. The molecule has 4 rings (SSSR count). The minimum atomic E-state index is 0.0538. The third-order valence-corrected chi connectivity index (χ3v) is 5.60. The van der Waals surface area contributed by atoms with Gasteiger partial charge in [0.1, 0.15) is 12.1 Å². The van der Waals surface area contributed by atoms with Crippen molar-refractivity contribution in [2.75, 3.05) is 24.6 Å². The van der Waals surface area contributed by atoms with Gasteiger partial charge in [-0.15, -0.1) is 0 Å². The lowest BCUT2D eigenvalue weighted by atomic mass is 9.96. The highest BCUT2D eigenvalue weighted by Crippen LogP contribution is 2.28. The van der Waals surface area contributed by atoms with Gasteiger partial charge in [-0.25, -0.2) is 15.0 Å². The molecule has 4 heterocycles. The fourth-order valence-electron chi connectivity index (χ4n) is 3.92. The van der Waals surface area contributed by atoms with E-state index in [-0.39, 0.29) is 11.5 Å². The zero-order valence-corrected chi connectivity index (χ0v) is 16.1. The van der Waals surface area contributed by atoms with Crippen molar-refractivity contribution in [3.63, 3.8) is 0 Å². The number of ether oxygens (including phenoxy) is 1. The van der Waals surface area contributed by atoms with E-state index in [9.17, 15) is 4.79 Å². The molecule has 0 aromatic carbocycles. The normalized spacial score (nSPS) is 18.0. The Kier molecular flexibility index (Phi) is 5.20. The van der Waals surface area contributed by atoms with Gasteiger partial charge >= 0.3 is 0 Å². The summed E-state index contributed by atoms with van der Waals surface area (Å²) in [5, 5.41) is 0. The summed E-state index contributed by atoms with van der Waals surface area (Å²) < 4.78 is 7.37. The van der Waals surface area contributed by atoms with Gasteiger partial charge in [-0.3, -0.25) is 9.36 Å². The SMILES string of the molecule is CC(C)c1cc(=O)n(CC2CCN(c3ncnc4c3COCC4)CC2)cn1. The average Bonchev–Trinajstić information content (AvgIpc) is 2.69. The highest BCUT2D eigenvalue weighted by molar-refractivity contribution is 5.49. The van der Waals surface area contributed by atoms with Crippen LogP contribution in [0.2, 0.25) is 0 Å². The predicted octanol–water partition coefficient (Wildman–Crippen LogP) is 2.15. The first kappa shape index (κ1) is 18.1. The fraction of sp³-hybridized carbons (Fsp3) is 0.600. The predicted molar refractivity (Wildman–Crippen MR) is 103 cm³/mol. The number of rotatable bonds is 4. The van der Waals surface area contributed by atoms with E-state index in [4.69, 9.17) is 4.74 Å². The van der Waals surface area contributed by atoms with E-state index in [1.807, 2.05) is 0 Å². The second kappa shape index (κ2) is 7.76. The van der Waals surface area contributed by atoms with Gasteiger partial charge in [0, 0.05) is 37.7 Å². The van der Waals surface area contributed by atoms with Gasteiger partial charge in [0.15, 0.2) is 0 Å². The first-order valence-corrected chi connectivity index (χ1v) is 9.83. The summed E-state index contributed by atoms with van der Waals surface area (Å²) in [5.41, 5.74) is 3.18. The Morgan fingerprint density at radius 1 is 1.22 bits per heavy atom. The molecular formula is C20H27N5O2. The van der Waals surface area contributed by atoms with Crippen molar-refractivity contribution in [2.45, 2.75) is 52.2 Å². The Balaban J connectivity index is 1.41. The molecule has 0 bridgehead atoms. The molecular weight excluding hydrogens is 342 g/mol. The molecule has 2 aromatic rings. The second-order valence-electron chi connectivity index (χ2n) is 7.81. The highest BCUT2D eigenvalue weighted by atomic mass is 16.5. The molecule has 2 aliphatic rings. The Bertz CT molecular complexity index is 856. The van der Waals surface area contributed by atoms with E-state index in [2.05, 4.69) is 33.7 Å². The van der Waals surface area contributed by atoms with Crippen LogP contribution in [0.1, 0.15) is 49.6 Å². The zero-order chi connectivity index (χ0) is 18.8. The maximum absolute atomic E-state index is 12.3. The summed E-state index contributed by atoms with van der Waals surface area (Å²) in [7, 11) is 0. The van der Waals surface area contributed by atoms with Crippen molar-refractivity contribution >= 4 is 5.82 Å². The minimum absolute atomic E-state index is 0.0538. The molecule has 0 radical (unpaired) electrons. The van der Waals surface area contributed by atoms with Crippen molar-refractivity contribution in [1.29, 1.82) is 0 Å². The second-order valence-corrected chi connectivity index (χ2v) is 7.81. The standard InChI is InChI=1S/C20H27N5O2/c1-14(2)18-9-19(26)25(13-23-18)10-15-3-6-24(7-4-15)20-16-11-27-8-5-17(16)21-12-22-20/h9,12-15H,3-8,10-11H2,1-2H3. The molecule has 0 N–H and O–H groups in total. The van der Waals surface area contributed by atoms with Gasteiger partial charge in [0.05, 0.1) is 30.9 Å². The number of piperidine rings is 1. The van der Waals surface area contributed by atoms with Gasteiger partial charge in [0.25, 0.3) is 5.56 Å². The molecule has 0 aliphatic carbocycles. The van der Waals surface area contributed by atoms with Crippen molar-refractivity contribution in [2.24, 2.45) is 5.92 Å². The number of anilines is 1. The van der Waals surface area contributed by atoms with Crippen LogP contribution in [0.5, 0.6) is 0 Å². The molecule has 0 atom stereocenters. The Hall–Kier alpha value is -2.28. The lowest BCUT2D eigenvalue weighted by Gasteiger charge is -2.34. The maximum atomic E-state index is 12.3. The first-order valence-electron chi connectivity index (χ1n) is 9.83. The van der Waals surface area contributed by atoms with Gasteiger partial charge in [0.2, 0.25) is 0 Å². The quantitative estimate of drug-likeness (QED) is 0.822. The molecule has 1 saturated heterocycles. The number of hydrogen-bond acceptors (Lipinski definition) is 6. The fourth-order valence-corrected chi connectivity index (χ4v) is 3.92.